The standard InChI is InChI=1S/C22H30O5/c1-3-16(25-15(2)23)10-7-5-4-6-8-11-17-18(14-20-22(17)27-20)19-12-9-13-21(24)26-19/h4-5,7-8,10-11,16-20,22H,3,6,9,12-14H2,1-2H3/b5-4-,10-7+,11-8+/t16-,17-,18+,19+,20+,22-/m0/s1. The molecule has 2 saturated heterocycles. The fraction of sp³-hybridized carbons (Fsp3) is 0.636. The normalized spacial score (nSPS) is 34.1. The first-order chi connectivity index (χ1) is 13.1. The predicted molar refractivity (Wildman–Crippen MR) is 102 cm³/mol. The molecule has 2 aliphatic heterocycles. The molecule has 0 bridgehead atoms. The Labute approximate surface area is 161 Å². The maximum Gasteiger partial charge on any atom is 0.306 e. The molecule has 0 aromatic carbocycles. The number of ether oxygens (including phenoxy) is 3. The Morgan fingerprint density at radius 1 is 1.30 bits per heavy atom. The first-order valence-corrected chi connectivity index (χ1v) is 10.1. The van der Waals surface area contributed by atoms with E-state index in [2.05, 4.69) is 18.2 Å². The van der Waals surface area contributed by atoms with Gasteiger partial charge >= 0.3 is 11.9 Å². The van der Waals surface area contributed by atoms with Crippen LogP contribution in [-0.4, -0.2) is 36.4 Å². The van der Waals surface area contributed by atoms with Crippen LogP contribution in [0.3, 0.4) is 0 Å². The molecule has 2 heterocycles. The van der Waals surface area contributed by atoms with Crippen molar-refractivity contribution in [2.75, 3.05) is 0 Å². The van der Waals surface area contributed by atoms with Crippen LogP contribution in [-0.2, 0) is 23.8 Å². The molecule has 1 aliphatic carbocycles. The summed E-state index contributed by atoms with van der Waals surface area (Å²) in [6.45, 7) is 3.41. The Bertz CT molecular complexity index is 620. The number of epoxide rings is 1. The second-order valence-corrected chi connectivity index (χ2v) is 7.57. The Balaban J connectivity index is 1.45. The summed E-state index contributed by atoms with van der Waals surface area (Å²) in [5.74, 6) is 0.438. The van der Waals surface area contributed by atoms with E-state index in [1.807, 2.05) is 25.2 Å². The van der Waals surface area contributed by atoms with Crippen LogP contribution in [0.15, 0.2) is 36.5 Å². The molecule has 3 aliphatic rings. The molecule has 0 unspecified atom stereocenters. The highest BCUT2D eigenvalue weighted by Crippen LogP contribution is 2.50. The van der Waals surface area contributed by atoms with Crippen LogP contribution in [0.25, 0.3) is 0 Å². The molecular weight excluding hydrogens is 344 g/mol. The van der Waals surface area contributed by atoms with Gasteiger partial charge in [0.2, 0.25) is 0 Å². The van der Waals surface area contributed by atoms with Gasteiger partial charge in [0.15, 0.2) is 0 Å². The molecule has 0 radical (unpaired) electrons. The van der Waals surface area contributed by atoms with Crippen molar-refractivity contribution in [1.29, 1.82) is 0 Å². The lowest BCUT2D eigenvalue weighted by atomic mass is 9.85. The van der Waals surface area contributed by atoms with Crippen LogP contribution in [0.5, 0.6) is 0 Å². The van der Waals surface area contributed by atoms with Gasteiger partial charge in [-0.15, -0.1) is 0 Å². The maximum atomic E-state index is 11.6. The monoisotopic (exact) mass is 374 g/mol. The number of rotatable bonds is 8. The Kier molecular flexibility index (Phi) is 6.89. The van der Waals surface area contributed by atoms with Crippen molar-refractivity contribution in [2.24, 2.45) is 11.8 Å². The molecule has 0 amide bonds. The van der Waals surface area contributed by atoms with E-state index in [1.165, 1.54) is 6.92 Å². The van der Waals surface area contributed by atoms with Gasteiger partial charge in [-0.1, -0.05) is 37.3 Å². The van der Waals surface area contributed by atoms with Crippen molar-refractivity contribution >= 4 is 11.9 Å². The van der Waals surface area contributed by atoms with E-state index in [0.717, 1.165) is 32.1 Å². The summed E-state index contributed by atoms with van der Waals surface area (Å²) in [7, 11) is 0. The summed E-state index contributed by atoms with van der Waals surface area (Å²) in [5, 5.41) is 0. The zero-order valence-corrected chi connectivity index (χ0v) is 16.2. The lowest BCUT2D eigenvalue weighted by Gasteiger charge is -2.31. The van der Waals surface area contributed by atoms with Gasteiger partial charge in [-0.3, -0.25) is 9.59 Å². The molecular formula is C22H30O5. The number of cyclic esters (lactones) is 1. The minimum absolute atomic E-state index is 0.0515. The highest BCUT2D eigenvalue weighted by molar-refractivity contribution is 5.70. The number of fused-ring (bicyclic) bond motifs is 1. The predicted octanol–water partition coefficient (Wildman–Crippen LogP) is 3.89. The summed E-state index contributed by atoms with van der Waals surface area (Å²) >= 11 is 0. The SMILES string of the molecule is CC[C@@H](/C=C/C=C\C/C=C/[C@H]1[C@H]([C@H]2CCCC(=O)O2)C[C@H]2O[C@@H]12)OC(C)=O. The third-order valence-corrected chi connectivity index (χ3v) is 5.55. The molecule has 5 heteroatoms. The van der Waals surface area contributed by atoms with E-state index in [1.54, 1.807) is 0 Å². The third-order valence-electron chi connectivity index (χ3n) is 5.55. The van der Waals surface area contributed by atoms with Gasteiger partial charge in [0.05, 0.1) is 12.2 Å². The van der Waals surface area contributed by atoms with Crippen LogP contribution in [0.2, 0.25) is 0 Å². The van der Waals surface area contributed by atoms with Gasteiger partial charge in [-0.2, -0.15) is 0 Å². The largest absolute Gasteiger partial charge is 0.462 e. The average molecular weight is 374 g/mol. The van der Waals surface area contributed by atoms with Crippen LogP contribution in [0.4, 0.5) is 0 Å². The molecule has 27 heavy (non-hydrogen) atoms. The second-order valence-electron chi connectivity index (χ2n) is 7.57. The first kappa shape index (κ1) is 19.9. The van der Waals surface area contributed by atoms with Gasteiger partial charge < -0.3 is 14.2 Å². The third kappa shape index (κ3) is 5.55. The lowest BCUT2D eigenvalue weighted by molar-refractivity contribution is -0.158. The zero-order valence-electron chi connectivity index (χ0n) is 16.2. The quantitative estimate of drug-likeness (QED) is 0.279. The van der Waals surface area contributed by atoms with Crippen LogP contribution >= 0.6 is 0 Å². The van der Waals surface area contributed by atoms with Gasteiger partial charge in [0.25, 0.3) is 0 Å². The lowest BCUT2D eigenvalue weighted by Crippen LogP contribution is -2.34. The second kappa shape index (κ2) is 9.36. The molecule has 148 valence electrons. The number of carbonyl (C=O) groups is 2. The van der Waals surface area contributed by atoms with Crippen LogP contribution in [0.1, 0.15) is 52.4 Å². The molecule has 1 saturated carbocycles. The maximum absolute atomic E-state index is 11.6. The van der Waals surface area contributed by atoms with E-state index in [-0.39, 0.29) is 24.1 Å². The Morgan fingerprint density at radius 2 is 2.15 bits per heavy atom. The summed E-state index contributed by atoms with van der Waals surface area (Å²) in [4.78, 5) is 22.6. The van der Waals surface area contributed by atoms with Gasteiger partial charge in [-0.25, -0.2) is 0 Å². The average Bonchev–Trinajstić information content (AvgIpc) is 3.32. The molecule has 0 N–H and O–H groups in total. The van der Waals surface area contributed by atoms with Gasteiger partial charge in [-0.05, 0) is 38.2 Å². The zero-order chi connectivity index (χ0) is 19.2. The summed E-state index contributed by atoms with van der Waals surface area (Å²) < 4.78 is 16.5. The number of carbonyl (C=O) groups excluding carboxylic acids is 2. The Morgan fingerprint density at radius 3 is 2.89 bits per heavy atom. The summed E-state index contributed by atoms with van der Waals surface area (Å²) in [5.41, 5.74) is 0. The minimum atomic E-state index is -0.256. The Hall–Kier alpha value is -1.88. The van der Waals surface area contributed by atoms with Crippen molar-refractivity contribution < 1.29 is 23.8 Å². The fourth-order valence-corrected chi connectivity index (χ4v) is 4.17. The van der Waals surface area contributed by atoms with Crippen LogP contribution < -0.4 is 0 Å². The summed E-state index contributed by atoms with van der Waals surface area (Å²) in [6.07, 6.45) is 17.9. The molecule has 0 aromatic heterocycles. The van der Waals surface area contributed by atoms with Crippen molar-refractivity contribution in [3.8, 4) is 0 Å². The van der Waals surface area contributed by atoms with Crippen LogP contribution in [0, 0.1) is 11.8 Å². The molecule has 5 nitrogen and oxygen atoms in total. The summed E-state index contributed by atoms with van der Waals surface area (Å²) in [6, 6.07) is 0. The molecule has 6 atom stereocenters. The molecule has 3 fully saturated rings. The molecule has 3 rings (SSSR count). The van der Waals surface area contributed by atoms with E-state index >= 15 is 0 Å². The van der Waals surface area contributed by atoms with Gasteiger partial charge in [0.1, 0.15) is 12.2 Å². The first-order valence-electron chi connectivity index (χ1n) is 10.1. The smallest absolute Gasteiger partial charge is 0.306 e. The molecule has 0 spiro atoms. The van der Waals surface area contributed by atoms with E-state index < -0.39 is 0 Å². The number of allylic oxidation sites excluding steroid dienone is 4. The number of hydrogen-bond acceptors (Lipinski definition) is 5. The van der Waals surface area contributed by atoms with Crippen molar-refractivity contribution in [1.82, 2.24) is 0 Å². The fourth-order valence-electron chi connectivity index (χ4n) is 4.17. The van der Waals surface area contributed by atoms with Crippen molar-refractivity contribution in [3.05, 3.63) is 36.5 Å². The number of esters is 2. The highest BCUT2D eigenvalue weighted by atomic mass is 16.6. The highest BCUT2D eigenvalue weighted by Gasteiger charge is 2.57. The van der Waals surface area contributed by atoms with E-state index in [4.69, 9.17) is 14.2 Å². The van der Waals surface area contributed by atoms with Crippen molar-refractivity contribution in [3.63, 3.8) is 0 Å². The number of hydrogen-bond donors (Lipinski definition) is 0. The van der Waals surface area contributed by atoms with E-state index in [9.17, 15) is 9.59 Å². The van der Waals surface area contributed by atoms with Gasteiger partial charge in [0, 0.05) is 25.2 Å². The van der Waals surface area contributed by atoms with Crippen molar-refractivity contribution in [2.45, 2.75) is 76.8 Å². The minimum Gasteiger partial charge on any atom is -0.462 e. The van der Waals surface area contributed by atoms with E-state index in [0.29, 0.717) is 30.5 Å². The molecule has 0 aromatic rings. The topological polar surface area (TPSA) is 65.1 Å².